The van der Waals surface area contributed by atoms with Crippen LogP contribution in [0.4, 0.5) is 0 Å². The second-order valence-corrected chi connectivity index (χ2v) is 8.09. The van der Waals surface area contributed by atoms with Gasteiger partial charge in [0.15, 0.2) is 0 Å². The molecule has 118 valence electrons. The first-order chi connectivity index (χ1) is 9.60. The highest BCUT2D eigenvalue weighted by Crippen LogP contribution is 2.34. The fraction of sp³-hybridized carbons (Fsp3) is 0.625. The van der Waals surface area contributed by atoms with E-state index in [0.717, 1.165) is 28.7 Å². The predicted octanol–water partition coefficient (Wildman–Crippen LogP) is 2.34. The monoisotopic (exact) mass is 310 g/mol. The number of sulfonamides is 1. The van der Waals surface area contributed by atoms with E-state index in [1.165, 1.54) is 5.56 Å². The van der Waals surface area contributed by atoms with E-state index in [2.05, 4.69) is 6.92 Å². The summed E-state index contributed by atoms with van der Waals surface area (Å²) in [5, 5.41) is 0. The Bertz CT molecular complexity index is 651. The first-order valence-corrected chi connectivity index (χ1v) is 8.89. The molecular weight excluding hydrogens is 284 g/mol. The summed E-state index contributed by atoms with van der Waals surface area (Å²) in [4.78, 5) is 0.476. The van der Waals surface area contributed by atoms with E-state index in [1.807, 2.05) is 34.6 Å². The highest BCUT2D eigenvalue weighted by Gasteiger charge is 2.39. The molecule has 0 bridgehead atoms. The molecule has 0 aliphatic carbocycles. The van der Waals surface area contributed by atoms with Crippen LogP contribution >= 0.6 is 0 Å². The lowest BCUT2D eigenvalue weighted by Crippen LogP contribution is -2.40. The minimum absolute atomic E-state index is 0.0759. The Hall–Kier alpha value is -0.910. The van der Waals surface area contributed by atoms with Crippen LogP contribution in [0.1, 0.15) is 41.2 Å². The van der Waals surface area contributed by atoms with Crippen LogP contribution in [-0.4, -0.2) is 31.4 Å². The Kier molecular flexibility index (Phi) is 4.21. The third-order valence-corrected chi connectivity index (χ3v) is 7.52. The van der Waals surface area contributed by atoms with Crippen LogP contribution in [0, 0.1) is 34.6 Å². The van der Waals surface area contributed by atoms with Gasteiger partial charge in [0.05, 0.1) is 4.90 Å². The summed E-state index contributed by atoms with van der Waals surface area (Å²) in [6, 6.07) is -0.219. The molecule has 2 N–H and O–H groups in total. The maximum atomic E-state index is 13.1. The Morgan fingerprint density at radius 3 is 1.76 bits per heavy atom. The fourth-order valence-electron chi connectivity index (χ4n) is 3.24. The van der Waals surface area contributed by atoms with E-state index in [1.54, 1.807) is 4.31 Å². The van der Waals surface area contributed by atoms with Crippen molar-refractivity contribution in [1.82, 2.24) is 4.31 Å². The lowest BCUT2D eigenvalue weighted by molar-refractivity contribution is 0.392. The smallest absolute Gasteiger partial charge is 0.243 e. The van der Waals surface area contributed by atoms with E-state index >= 15 is 0 Å². The molecule has 5 heteroatoms. The summed E-state index contributed by atoms with van der Waals surface area (Å²) in [6.07, 6.45) is 0.725. The molecule has 2 atom stereocenters. The summed E-state index contributed by atoms with van der Waals surface area (Å²) >= 11 is 0. The molecular formula is C16H26N2O2S. The van der Waals surface area contributed by atoms with Gasteiger partial charge in [-0.3, -0.25) is 0 Å². The first-order valence-electron chi connectivity index (χ1n) is 7.45. The number of nitrogens with two attached hydrogens (primary N) is 1. The average Bonchev–Trinajstić information content (AvgIpc) is 2.75. The van der Waals surface area contributed by atoms with E-state index in [9.17, 15) is 8.42 Å². The highest BCUT2D eigenvalue weighted by atomic mass is 32.2. The van der Waals surface area contributed by atoms with Gasteiger partial charge in [-0.2, -0.15) is 4.31 Å². The molecule has 21 heavy (non-hydrogen) atoms. The van der Waals surface area contributed by atoms with Gasteiger partial charge in [-0.05, 0) is 75.8 Å². The molecule has 0 saturated carbocycles. The zero-order valence-electron chi connectivity index (χ0n) is 13.8. The molecule has 4 nitrogen and oxygen atoms in total. The quantitative estimate of drug-likeness (QED) is 0.912. The number of rotatable bonds is 2. The van der Waals surface area contributed by atoms with Crippen LogP contribution in [-0.2, 0) is 10.0 Å². The lowest BCUT2D eigenvalue weighted by atomic mass is 9.95. The fourth-order valence-corrected chi connectivity index (χ4v) is 5.50. The maximum Gasteiger partial charge on any atom is 0.243 e. The van der Waals surface area contributed by atoms with Crippen molar-refractivity contribution in [2.75, 3.05) is 6.54 Å². The van der Waals surface area contributed by atoms with Crippen molar-refractivity contribution in [3.63, 3.8) is 0 Å². The highest BCUT2D eigenvalue weighted by molar-refractivity contribution is 7.89. The van der Waals surface area contributed by atoms with E-state index < -0.39 is 10.0 Å². The molecule has 1 aromatic rings. The normalized spacial score (nSPS) is 23.8. The lowest BCUT2D eigenvalue weighted by Gasteiger charge is -2.26. The third kappa shape index (κ3) is 2.41. The van der Waals surface area contributed by atoms with E-state index in [-0.39, 0.29) is 12.1 Å². The van der Waals surface area contributed by atoms with E-state index in [0.29, 0.717) is 11.4 Å². The molecule has 2 rings (SSSR count). The summed E-state index contributed by atoms with van der Waals surface area (Å²) < 4.78 is 27.8. The summed E-state index contributed by atoms with van der Waals surface area (Å²) in [5.74, 6) is 0. The minimum atomic E-state index is -3.49. The van der Waals surface area contributed by atoms with Crippen LogP contribution in [0.15, 0.2) is 4.90 Å². The molecule has 0 radical (unpaired) electrons. The van der Waals surface area contributed by atoms with Gasteiger partial charge in [0.2, 0.25) is 10.0 Å². The second kappa shape index (κ2) is 5.38. The molecule has 1 aromatic carbocycles. The van der Waals surface area contributed by atoms with Crippen LogP contribution in [0.3, 0.4) is 0 Å². The van der Waals surface area contributed by atoms with Crippen molar-refractivity contribution < 1.29 is 8.42 Å². The molecule has 0 amide bonds. The Labute approximate surface area is 128 Å². The minimum Gasteiger partial charge on any atom is -0.326 e. The molecule has 1 saturated heterocycles. The molecule has 0 spiro atoms. The number of hydrogen-bond acceptors (Lipinski definition) is 3. The van der Waals surface area contributed by atoms with Gasteiger partial charge < -0.3 is 5.73 Å². The number of hydrogen-bond donors (Lipinski definition) is 1. The van der Waals surface area contributed by atoms with Crippen LogP contribution in [0.25, 0.3) is 0 Å². The molecule has 2 unspecified atom stereocenters. The number of nitrogens with zero attached hydrogens (tertiary/aromatic N) is 1. The largest absolute Gasteiger partial charge is 0.326 e. The Morgan fingerprint density at radius 2 is 1.38 bits per heavy atom. The van der Waals surface area contributed by atoms with Crippen LogP contribution < -0.4 is 5.73 Å². The second-order valence-electron chi connectivity index (χ2n) is 6.26. The van der Waals surface area contributed by atoms with Gasteiger partial charge >= 0.3 is 0 Å². The Balaban J connectivity index is 2.67. The molecule has 1 heterocycles. The SMILES string of the molecule is Cc1c(C)c(C)c(S(=O)(=O)N2CCC(N)C2C)c(C)c1C. The summed E-state index contributed by atoms with van der Waals surface area (Å²) in [7, 11) is -3.49. The van der Waals surface area contributed by atoms with Crippen molar-refractivity contribution in [2.24, 2.45) is 5.73 Å². The van der Waals surface area contributed by atoms with Crippen LogP contribution in [0.2, 0.25) is 0 Å². The molecule has 1 aliphatic heterocycles. The van der Waals surface area contributed by atoms with Gasteiger partial charge in [0.25, 0.3) is 0 Å². The van der Waals surface area contributed by atoms with Gasteiger partial charge in [0.1, 0.15) is 0 Å². The van der Waals surface area contributed by atoms with E-state index in [4.69, 9.17) is 5.73 Å². The summed E-state index contributed by atoms with van der Waals surface area (Å²) in [6.45, 7) is 12.3. The standard InChI is InChI=1S/C16H26N2O2S/c1-9-10(2)12(4)16(13(5)11(9)3)21(19,20)18-8-7-15(17)14(18)6/h14-15H,7-8,17H2,1-6H3. The topological polar surface area (TPSA) is 63.4 Å². The third-order valence-electron chi connectivity index (χ3n) is 5.25. The van der Waals surface area contributed by atoms with Crippen molar-refractivity contribution in [1.29, 1.82) is 0 Å². The van der Waals surface area contributed by atoms with Gasteiger partial charge in [-0.15, -0.1) is 0 Å². The Morgan fingerprint density at radius 1 is 0.952 bits per heavy atom. The van der Waals surface area contributed by atoms with Crippen molar-refractivity contribution >= 4 is 10.0 Å². The van der Waals surface area contributed by atoms with Gasteiger partial charge in [-0.1, -0.05) is 0 Å². The maximum absolute atomic E-state index is 13.1. The van der Waals surface area contributed by atoms with Crippen LogP contribution in [0.5, 0.6) is 0 Å². The number of benzene rings is 1. The van der Waals surface area contributed by atoms with Crippen molar-refractivity contribution in [3.05, 3.63) is 27.8 Å². The first kappa shape index (κ1) is 16.5. The average molecular weight is 310 g/mol. The molecule has 0 aromatic heterocycles. The zero-order chi connectivity index (χ0) is 16.1. The molecule has 1 aliphatic rings. The zero-order valence-corrected chi connectivity index (χ0v) is 14.6. The van der Waals surface area contributed by atoms with Gasteiger partial charge in [-0.25, -0.2) is 8.42 Å². The molecule has 1 fully saturated rings. The van der Waals surface area contributed by atoms with Crippen molar-refractivity contribution in [2.45, 2.75) is 64.9 Å². The van der Waals surface area contributed by atoms with Crippen molar-refractivity contribution in [3.8, 4) is 0 Å². The van der Waals surface area contributed by atoms with Gasteiger partial charge in [0, 0.05) is 18.6 Å². The predicted molar refractivity (Wildman–Crippen MR) is 86.1 cm³/mol. The summed E-state index contributed by atoms with van der Waals surface area (Å²) in [5.41, 5.74) is 11.0.